The summed E-state index contributed by atoms with van der Waals surface area (Å²) in [6, 6.07) is 13.6. The second kappa shape index (κ2) is 8.32. The molecular weight excluding hydrogens is 308 g/mol. The molecule has 1 N–H and O–H groups in total. The predicted molar refractivity (Wildman–Crippen MR) is 105 cm³/mol. The molecule has 1 heterocycles. The van der Waals surface area contributed by atoms with E-state index >= 15 is 0 Å². The number of aryl methyl sites for hydroxylation is 1. The molecule has 0 atom stereocenters. The third-order valence-corrected chi connectivity index (χ3v) is 4.89. The molecule has 134 valence electrons. The number of benzene rings is 1. The van der Waals surface area contributed by atoms with Gasteiger partial charge in [0.1, 0.15) is 17.5 Å². The molecule has 0 saturated heterocycles. The highest BCUT2D eigenvalue weighted by atomic mass is 15.2. The summed E-state index contributed by atoms with van der Waals surface area (Å²) < 4.78 is 0. The highest BCUT2D eigenvalue weighted by Gasteiger charge is 2.17. The van der Waals surface area contributed by atoms with Crippen molar-refractivity contribution in [1.29, 1.82) is 0 Å². The lowest BCUT2D eigenvalue weighted by atomic mass is 9.95. The molecule has 1 aliphatic carbocycles. The highest BCUT2D eigenvalue weighted by molar-refractivity contribution is 5.51. The van der Waals surface area contributed by atoms with Gasteiger partial charge in [-0.05, 0) is 39.2 Å². The minimum atomic E-state index is 0.372. The molecule has 1 aliphatic rings. The summed E-state index contributed by atoms with van der Waals surface area (Å²) in [5.41, 5.74) is 1.30. The molecule has 2 aromatic rings. The van der Waals surface area contributed by atoms with Gasteiger partial charge in [-0.1, -0.05) is 49.6 Å². The minimum absolute atomic E-state index is 0.372. The van der Waals surface area contributed by atoms with Gasteiger partial charge in [-0.15, -0.1) is 0 Å². The first-order valence-corrected chi connectivity index (χ1v) is 9.54. The Morgan fingerprint density at radius 1 is 1.08 bits per heavy atom. The average Bonchev–Trinajstić information content (AvgIpc) is 2.60. The summed E-state index contributed by atoms with van der Waals surface area (Å²) in [5, 5.41) is 3.64. The lowest BCUT2D eigenvalue weighted by Crippen LogP contribution is -2.31. The van der Waals surface area contributed by atoms with Gasteiger partial charge in [-0.25, -0.2) is 9.97 Å². The zero-order valence-electron chi connectivity index (χ0n) is 15.7. The summed E-state index contributed by atoms with van der Waals surface area (Å²) in [6.07, 6.45) is 6.50. The molecule has 1 aromatic carbocycles. The largest absolute Gasteiger partial charge is 0.367 e. The van der Waals surface area contributed by atoms with Crippen LogP contribution in [0.25, 0.3) is 0 Å². The van der Waals surface area contributed by atoms with Crippen molar-refractivity contribution in [3.8, 4) is 0 Å². The van der Waals surface area contributed by atoms with Crippen molar-refractivity contribution in [2.45, 2.75) is 71.5 Å². The van der Waals surface area contributed by atoms with Gasteiger partial charge in [0.2, 0.25) is 0 Å². The number of nitrogens with one attached hydrogen (secondary N) is 1. The Morgan fingerprint density at radius 3 is 2.48 bits per heavy atom. The zero-order chi connectivity index (χ0) is 17.6. The molecule has 4 heteroatoms. The summed E-state index contributed by atoms with van der Waals surface area (Å²) in [6.45, 7) is 7.28. The Bertz CT molecular complexity index is 663. The quantitative estimate of drug-likeness (QED) is 0.809. The van der Waals surface area contributed by atoms with Crippen LogP contribution in [0.1, 0.15) is 57.3 Å². The Kier molecular flexibility index (Phi) is 5.90. The van der Waals surface area contributed by atoms with Crippen molar-refractivity contribution in [3.63, 3.8) is 0 Å². The topological polar surface area (TPSA) is 41.1 Å². The van der Waals surface area contributed by atoms with Crippen LogP contribution in [0.2, 0.25) is 0 Å². The summed E-state index contributed by atoms with van der Waals surface area (Å²) in [4.78, 5) is 11.7. The second-order valence-corrected chi connectivity index (χ2v) is 7.35. The van der Waals surface area contributed by atoms with Gasteiger partial charge in [0.15, 0.2) is 0 Å². The molecule has 1 fully saturated rings. The number of hydrogen-bond donors (Lipinski definition) is 1. The molecule has 0 spiro atoms. The SMILES string of the molecule is Cc1nc(NC2CCCCC2)cc(N(Cc2ccccc2)C(C)C)n1. The fourth-order valence-corrected chi connectivity index (χ4v) is 3.54. The van der Waals surface area contributed by atoms with Crippen molar-refractivity contribution in [2.75, 3.05) is 10.2 Å². The van der Waals surface area contributed by atoms with Gasteiger partial charge in [-0.3, -0.25) is 0 Å². The fraction of sp³-hybridized carbons (Fsp3) is 0.524. The van der Waals surface area contributed by atoms with Gasteiger partial charge >= 0.3 is 0 Å². The van der Waals surface area contributed by atoms with Crippen LogP contribution in [0.3, 0.4) is 0 Å². The van der Waals surface area contributed by atoms with Crippen LogP contribution in [0, 0.1) is 6.92 Å². The first kappa shape index (κ1) is 17.7. The van der Waals surface area contributed by atoms with Crippen LogP contribution in [0.15, 0.2) is 36.4 Å². The smallest absolute Gasteiger partial charge is 0.134 e. The molecule has 3 rings (SSSR count). The fourth-order valence-electron chi connectivity index (χ4n) is 3.54. The Balaban J connectivity index is 1.80. The third-order valence-electron chi connectivity index (χ3n) is 4.89. The first-order chi connectivity index (χ1) is 12.1. The van der Waals surface area contributed by atoms with Gasteiger partial charge in [0.05, 0.1) is 0 Å². The Morgan fingerprint density at radius 2 is 1.80 bits per heavy atom. The second-order valence-electron chi connectivity index (χ2n) is 7.35. The standard InChI is InChI=1S/C21H30N4/c1-16(2)25(15-18-10-6-4-7-11-18)21-14-20(22-17(3)23-21)24-19-12-8-5-9-13-19/h4,6-7,10-11,14,16,19H,5,8-9,12-13,15H2,1-3H3,(H,22,23,24). The predicted octanol–water partition coefficient (Wildman–Crippen LogP) is 4.94. The van der Waals surface area contributed by atoms with E-state index in [0.717, 1.165) is 24.0 Å². The lowest BCUT2D eigenvalue weighted by molar-refractivity contribution is 0.461. The van der Waals surface area contributed by atoms with Crippen molar-refractivity contribution in [1.82, 2.24) is 9.97 Å². The van der Waals surface area contributed by atoms with E-state index < -0.39 is 0 Å². The van der Waals surface area contributed by atoms with Crippen LogP contribution >= 0.6 is 0 Å². The van der Waals surface area contributed by atoms with Gasteiger partial charge in [0, 0.05) is 24.7 Å². The highest BCUT2D eigenvalue weighted by Crippen LogP contribution is 2.24. The van der Waals surface area contributed by atoms with Crippen LogP contribution in [0.5, 0.6) is 0 Å². The number of hydrogen-bond acceptors (Lipinski definition) is 4. The average molecular weight is 338 g/mol. The molecule has 0 bridgehead atoms. The number of rotatable bonds is 6. The molecule has 4 nitrogen and oxygen atoms in total. The number of nitrogens with zero attached hydrogens (tertiary/aromatic N) is 3. The molecular formula is C21H30N4. The van der Waals surface area contributed by atoms with E-state index in [1.165, 1.54) is 37.7 Å². The number of anilines is 2. The number of aromatic nitrogens is 2. The molecule has 1 aromatic heterocycles. The monoisotopic (exact) mass is 338 g/mol. The van der Waals surface area contributed by atoms with Gasteiger partial charge in [0.25, 0.3) is 0 Å². The van der Waals surface area contributed by atoms with Gasteiger partial charge < -0.3 is 10.2 Å². The van der Waals surface area contributed by atoms with E-state index in [2.05, 4.69) is 65.4 Å². The van der Waals surface area contributed by atoms with E-state index in [1.54, 1.807) is 0 Å². The van der Waals surface area contributed by atoms with Crippen molar-refractivity contribution in [3.05, 3.63) is 47.8 Å². The molecule has 1 saturated carbocycles. The van der Waals surface area contributed by atoms with Crippen LogP contribution in [0.4, 0.5) is 11.6 Å². The van der Waals surface area contributed by atoms with Crippen LogP contribution in [-0.4, -0.2) is 22.1 Å². The van der Waals surface area contributed by atoms with Crippen LogP contribution < -0.4 is 10.2 Å². The van der Waals surface area contributed by atoms with E-state index in [9.17, 15) is 0 Å². The molecule has 25 heavy (non-hydrogen) atoms. The summed E-state index contributed by atoms with van der Waals surface area (Å²) in [7, 11) is 0. The third kappa shape index (κ3) is 4.94. The normalized spacial score (nSPS) is 15.4. The zero-order valence-corrected chi connectivity index (χ0v) is 15.7. The van der Waals surface area contributed by atoms with E-state index in [4.69, 9.17) is 4.98 Å². The Labute approximate surface area is 151 Å². The molecule has 0 unspecified atom stereocenters. The molecule has 0 radical (unpaired) electrons. The maximum atomic E-state index is 4.72. The first-order valence-electron chi connectivity index (χ1n) is 9.54. The van der Waals surface area contributed by atoms with Crippen molar-refractivity contribution >= 4 is 11.6 Å². The minimum Gasteiger partial charge on any atom is -0.367 e. The maximum absolute atomic E-state index is 4.72. The summed E-state index contributed by atoms with van der Waals surface area (Å²) in [5.74, 6) is 2.80. The van der Waals surface area contributed by atoms with Gasteiger partial charge in [-0.2, -0.15) is 0 Å². The molecule has 0 amide bonds. The van der Waals surface area contributed by atoms with Crippen molar-refractivity contribution < 1.29 is 0 Å². The summed E-state index contributed by atoms with van der Waals surface area (Å²) >= 11 is 0. The Hall–Kier alpha value is -2.10. The van der Waals surface area contributed by atoms with E-state index in [0.29, 0.717) is 12.1 Å². The van der Waals surface area contributed by atoms with Crippen molar-refractivity contribution in [2.24, 2.45) is 0 Å². The van der Waals surface area contributed by atoms with Crippen LogP contribution in [-0.2, 0) is 6.54 Å². The van der Waals surface area contributed by atoms with E-state index in [1.807, 2.05) is 6.92 Å². The lowest BCUT2D eigenvalue weighted by Gasteiger charge is -2.29. The maximum Gasteiger partial charge on any atom is 0.134 e. The molecule has 0 aliphatic heterocycles. The van der Waals surface area contributed by atoms with E-state index in [-0.39, 0.29) is 0 Å².